The van der Waals surface area contributed by atoms with Gasteiger partial charge in [-0.1, -0.05) is 37.6 Å². The number of anilines is 2. The molecule has 2 aromatic carbocycles. The van der Waals surface area contributed by atoms with Gasteiger partial charge in [-0.15, -0.1) is 0 Å². The molecule has 2 aromatic rings. The van der Waals surface area contributed by atoms with Crippen LogP contribution < -0.4 is 10.6 Å². The minimum absolute atomic E-state index is 0.0616. The van der Waals surface area contributed by atoms with Gasteiger partial charge in [-0.05, 0) is 55.5 Å². The summed E-state index contributed by atoms with van der Waals surface area (Å²) in [6.45, 7) is 5.13. The number of hydrogen-bond acceptors (Lipinski definition) is 4. The van der Waals surface area contributed by atoms with Crippen molar-refractivity contribution < 1.29 is 13.2 Å². The van der Waals surface area contributed by atoms with Crippen molar-refractivity contribution in [1.82, 2.24) is 4.31 Å². The number of amides is 1. The molecule has 0 aromatic heterocycles. The zero-order valence-electron chi connectivity index (χ0n) is 17.1. The number of nitrogens with zero attached hydrogens (tertiary/aromatic N) is 1. The summed E-state index contributed by atoms with van der Waals surface area (Å²) in [7, 11) is -3.50. The number of sulfonamides is 1. The standard InChI is InChI=1S/C22H29N3O3S/c1-3-18-9-5-6-10-20(18)24-22(26)16-23-21-15-19(12-11-17(21)2)29(27,28)25-13-7-4-8-14-25/h5-6,9-12,15,23H,3-4,7-8,13-14,16H2,1-2H3,(H,24,26). The van der Waals surface area contributed by atoms with Crippen molar-refractivity contribution in [2.24, 2.45) is 0 Å². The van der Waals surface area contributed by atoms with E-state index in [1.54, 1.807) is 22.5 Å². The first-order valence-electron chi connectivity index (χ1n) is 10.1. The van der Waals surface area contributed by atoms with Gasteiger partial charge in [0.15, 0.2) is 0 Å². The Labute approximate surface area is 173 Å². The average Bonchev–Trinajstić information content (AvgIpc) is 2.74. The molecule has 0 radical (unpaired) electrons. The molecule has 1 heterocycles. The number of rotatable bonds is 7. The van der Waals surface area contributed by atoms with Crippen molar-refractivity contribution in [2.75, 3.05) is 30.3 Å². The second-order valence-electron chi connectivity index (χ2n) is 7.35. The van der Waals surface area contributed by atoms with Crippen LogP contribution in [0.15, 0.2) is 47.4 Å². The van der Waals surface area contributed by atoms with E-state index in [4.69, 9.17) is 0 Å². The Morgan fingerprint density at radius 3 is 2.48 bits per heavy atom. The molecule has 1 aliphatic rings. The molecule has 0 aliphatic carbocycles. The highest BCUT2D eigenvalue weighted by molar-refractivity contribution is 7.89. The molecule has 29 heavy (non-hydrogen) atoms. The van der Waals surface area contributed by atoms with Gasteiger partial charge in [0.2, 0.25) is 15.9 Å². The minimum atomic E-state index is -3.50. The summed E-state index contributed by atoms with van der Waals surface area (Å²) in [6.07, 6.45) is 3.70. The highest BCUT2D eigenvalue weighted by Gasteiger charge is 2.26. The van der Waals surface area contributed by atoms with Crippen LogP contribution in [0.25, 0.3) is 0 Å². The van der Waals surface area contributed by atoms with Gasteiger partial charge in [0, 0.05) is 24.5 Å². The summed E-state index contributed by atoms with van der Waals surface area (Å²) in [5.41, 5.74) is 3.43. The normalized spacial score (nSPS) is 15.1. The van der Waals surface area contributed by atoms with Crippen molar-refractivity contribution in [3.8, 4) is 0 Å². The summed E-state index contributed by atoms with van der Waals surface area (Å²) in [5, 5.41) is 6.01. The van der Waals surface area contributed by atoms with Crippen molar-refractivity contribution in [3.05, 3.63) is 53.6 Å². The van der Waals surface area contributed by atoms with Crippen LogP contribution in [-0.4, -0.2) is 38.3 Å². The maximum atomic E-state index is 12.9. The molecule has 7 heteroatoms. The molecule has 1 saturated heterocycles. The average molecular weight is 416 g/mol. The Morgan fingerprint density at radius 1 is 1.03 bits per heavy atom. The molecule has 2 N–H and O–H groups in total. The molecular formula is C22H29N3O3S. The quantitative estimate of drug-likeness (QED) is 0.721. The van der Waals surface area contributed by atoms with Gasteiger partial charge in [0.05, 0.1) is 11.4 Å². The number of nitrogens with one attached hydrogen (secondary N) is 2. The largest absolute Gasteiger partial charge is 0.376 e. The van der Waals surface area contributed by atoms with Crippen LogP contribution in [0.4, 0.5) is 11.4 Å². The third-order valence-electron chi connectivity index (χ3n) is 5.27. The molecule has 0 unspecified atom stereocenters. The van der Waals surface area contributed by atoms with E-state index >= 15 is 0 Å². The monoisotopic (exact) mass is 415 g/mol. The van der Waals surface area contributed by atoms with Crippen molar-refractivity contribution in [2.45, 2.75) is 44.4 Å². The zero-order valence-corrected chi connectivity index (χ0v) is 17.9. The van der Waals surface area contributed by atoms with Crippen LogP contribution in [-0.2, 0) is 21.2 Å². The van der Waals surface area contributed by atoms with Gasteiger partial charge in [-0.2, -0.15) is 4.31 Å². The maximum absolute atomic E-state index is 12.9. The molecule has 156 valence electrons. The molecule has 1 aliphatic heterocycles. The fourth-order valence-corrected chi connectivity index (χ4v) is 5.07. The number of para-hydroxylation sites is 1. The first kappa shape index (κ1) is 21.3. The second kappa shape index (κ2) is 9.41. The third-order valence-corrected chi connectivity index (χ3v) is 7.17. The van der Waals surface area contributed by atoms with E-state index in [1.165, 1.54) is 0 Å². The Balaban J connectivity index is 1.69. The van der Waals surface area contributed by atoms with E-state index in [2.05, 4.69) is 10.6 Å². The lowest BCUT2D eigenvalue weighted by Crippen LogP contribution is -2.35. The molecule has 3 rings (SSSR count). The molecule has 0 atom stereocenters. The minimum Gasteiger partial charge on any atom is -0.376 e. The molecule has 6 nitrogen and oxygen atoms in total. The molecule has 0 bridgehead atoms. The second-order valence-corrected chi connectivity index (χ2v) is 9.29. The Bertz CT molecular complexity index is 967. The predicted octanol–water partition coefficient (Wildman–Crippen LogP) is 3.78. The highest BCUT2D eigenvalue weighted by atomic mass is 32.2. The summed E-state index contributed by atoms with van der Waals surface area (Å²) in [4.78, 5) is 12.7. The number of carbonyl (C=O) groups excluding carboxylic acids is 1. The van der Waals surface area contributed by atoms with Crippen LogP contribution in [0.5, 0.6) is 0 Å². The van der Waals surface area contributed by atoms with E-state index in [9.17, 15) is 13.2 Å². The number of carbonyl (C=O) groups is 1. The van der Waals surface area contributed by atoms with Crippen LogP contribution in [0.3, 0.4) is 0 Å². The number of aryl methyl sites for hydroxylation is 2. The Hall–Kier alpha value is -2.38. The Morgan fingerprint density at radius 2 is 1.76 bits per heavy atom. The van der Waals surface area contributed by atoms with Gasteiger partial charge in [-0.3, -0.25) is 4.79 Å². The summed E-state index contributed by atoms with van der Waals surface area (Å²) < 4.78 is 27.4. The molecule has 0 spiro atoms. The van der Waals surface area contributed by atoms with Gasteiger partial charge < -0.3 is 10.6 Å². The van der Waals surface area contributed by atoms with E-state index in [0.29, 0.717) is 18.8 Å². The lowest BCUT2D eigenvalue weighted by Gasteiger charge is -2.26. The molecule has 0 saturated carbocycles. The number of hydrogen-bond donors (Lipinski definition) is 2. The Kier molecular flexibility index (Phi) is 6.92. The van der Waals surface area contributed by atoms with Gasteiger partial charge >= 0.3 is 0 Å². The van der Waals surface area contributed by atoms with Crippen molar-refractivity contribution in [3.63, 3.8) is 0 Å². The van der Waals surface area contributed by atoms with E-state index < -0.39 is 10.0 Å². The SMILES string of the molecule is CCc1ccccc1NC(=O)CNc1cc(S(=O)(=O)N2CCCCC2)ccc1C. The van der Waals surface area contributed by atoms with E-state index in [-0.39, 0.29) is 17.3 Å². The molecule has 1 fully saturated rings. The molecular weight excluding hydrogens is 386 g/mol. The van der Waals surface area contributed by atoms with E-state index in [0.717, 1.165) is 42.5 Å². The van der Waals surface area contributed by atoms with Crippen LogP contribution >= 0.6 is 0 Å². The lowest BCUT2D eigenvalue weighted by atomic mass is 10.1. The summed E-state index contributed by atoms with van der Waals surface area (Å²) in [6, 6.07) is 12.8. The predicted molar refractivity (Wildman–Crippen MR) is 117 cm³/mol. The van der Waals surface area contributed by atoms with Gasteiger partial charge in [-0.25, -0.2) is 8.42 Å². The highest BCUT2D eigenvalue weighted by Crippen LogP contribution is 2.25. The first-order chi connectivity index (χ1) is 13.9. The van der Waals surface area contributed by atoms with Gasteiger partial charge in [0.25, 0.3) is 0 Å². The van der Waals surface area contributed by atoms with Gasteiger partial charge in [0.1, 0.15) is 0 Å². The molecule has 1 amide bonds. The maximum Gasteiger partial charge on any atom is 0.243 e. The zero-order chi connectivity index (χ0) is 20.9. The van der Waals surface area contributed by atoms with Crippen molar-refractivity contribution >= 4 is 27.3 Å². The van der Waals surface area contributed by atoms with Crippen LogP contribution in [0, 0.1) is 6.92 Å². The fraction of sp³-hybridized carbons (Fsp3) is 0.409. The van der Waals surface area contributed by atoms with E-state index in [1.807, 2.05) is 38.1 Å². The number of benzene rings is 2. The lowest BCUT2D eigenvalue weighted by molar-refractivity contribution is -0.114. The topological polar surface area (TPSA) is 78.5 Å². The number of piperidine rings is 1. The smallest absolute Gasteiger partial charge is 0.243 e. The summed E-state index contributed by atoms with van der Waals surface area (Å²) >= 11 is 0. The van der Waals surface area contributed by atoms with Crippen LogP contribution in [0.2, 0.25) is 0 Å². The van der Waals surface area contributed by atoms with Crippen molar-refractivity contribution in [1.29, 1.82) is 0 Å². The fourth-order valence-electron chi connectivity index (χ4n) is 3.53. The van der Waals surface area contributed by atoms with Crippen LogP contribution in [0.1, 0.15) is 37.3 Å². The summed E-state index contributed by atoms with van der Waals surface area (Å²) in [5.74, 6) is -0.172. The first-order valence-corrected chi connectivity index (χ1v) is 11.6. The third kappa shape index (κ3) is 5.16.